The van der Waals surface area contributed by atoms with E-state index in [2.05, 4.69) is 5.32 Å². The SMILES string of the molecule is CCOc1ccc(C(C)Nc2cc(F)cc(F)c2F)cc1. The van der Waals surface area contributed by atoms with Crippen LogP contribution in [-0.2, 0) is 0 Å². The van der Waals surface area contributed by atoms with Crippen LogP contribution >= 0.6 is 0 Å². The van der Waals surface area contributed by atoms with Crippen molar-refractivity contribution in [2.75, 3.05) is 11.9 Å². The maximum atomic E-state index is 13.6. The Bertz CT molecular complexity index is 614. The molecule has 0 aliphatic heterocycles. The largest absolute Gasteiger partial charge is 0.494 e. The first kappa shape index (κ1) is 15.2. The Labute approximate surface area is 121 Å². The van der Waals surface area contributed by atoms with Gasteiger partial charge in [0.2, 0.25) is 0 Å². The van der Waals surface area contributed by atoms with Crippen molar-refractivity contribution in [3.63, 3.8) is 0 Å². The van der Waals surface area contributed by atoms with Crippen LogP contribution in [0.3, 0.4) is 0 Å². The van der Waals surface area contributed by atoms with Gasteiger partial charge in [-0.15, -0.1) is 0 Å². The molecule has 5 heteroatoms. The Morgan fingerprint density at radius 3 is 2.38 bits per heavy atom. The van der Waals surface area contributed by atoms with Crippen LogP contribution in [0, 0.1) is 17.5 Å². The molecule has 1 atom stereocenters. The monoisotopic (exact) mass is 295 g/mol. The molecule has 1 N–H and O–H groups in total. The molecule has 2 aromatic carbocycles. The maximum Gasteiger partial charge on any atom is 0.182 e. The fourth-order valence-electron chi connectivity index (χ4n) is 2.00. The second kappa shape index (κ2) is 6.52. The van der Waals surface area contributed by atoms with Gasteiger partial charge in [0.25, 0.3) is 0 Å². The number of rotatable bonds is 5. The van der Waals surface area contributed by atoms with Gasteiger partial charge in [0, 0.05) is 18.2 Å². The summed E-state index contributed by atoms with van der Waals surface area (Å²) in [5.41, 5.74) is 0.649. The van der Waals surface area contributed by atoms with Crippen molar-refractivity contribution in [3.8, 4) is 5.75 Å². The highest BCUT2D eigenvalue weighted by Crippen LogP contribution is 2.25. The minimum absolute atomic E-state index is 0.200. The molecule has 0 saturated heterocycles. The standard InChI is InChI=1S/C16H16F3NO/c1-3-21-13-6-4-11(5-7-13)10(2)20-15-9-12(17)8-14(18)16(15)19/h4-10,20H,3H2,1-2H3. The lowest BCUT2D eigenvalue weighted by atomic mass is 10.1. The lowest BCUT2D eigenvalue weighted by Gasteiger charge is -2.17. The van der Waals surface area contributed by atoms with Crippen molar-refractivity contribution >= 4 is 5.69 Å². The van der Waals surface area contributed by atoms with Gasteiger partial charge in [0.05, 0.1) is 12.3 Å². The average molecular weight is 295 g/mol. The number of nitrogens with one attached hydrogen (secondary N) is 1. The number of hydrogen-bond acceptors (Lipinski definition) is 2. The lowest BCUT2D eigenvalue weighted by molar-refractivity contribution is 0.340. The van der Waals surface area contributed by atoms with E-state index in [1.807, 2.05) is 19.1 Å². The first-order valence-corrected chi connectivity index (χ1v) is 6.65. The summed E-state index contributed by atoms with van der Waals surface area (Å²) in [6, 6.07) is 8.35. The van der Waals surface area contributed by atoms with E-state index in [1.54, 1.807) is 19.1 Å². The number of halogens is 3. The Morgan fingerprint density at radius 2 is 1.76 bits per heavy atom. The molecule has 2 aromatic rings. The molecule has 0 saturated carbocycles. The summed E-state index contributed by atoms with van der Waals surface area (Å²) in [4.78, 5) is 0. The van der Waals surface area contributed by atoms with Crippen LogP contribution in [0.4, 0.5) is 18.9 Å². The quantitative estimate of drug-likeness (QED) is 0.809. The predicted octanol–water partition coefficient (Wildman–Crippen LogP) is 4.68. The molecule has 0 amide bonds. The highest BCUT2D eigenvalue weighted by Gasteiger charge is 2.14. The van der Waals surface area contributed by atoms with E-state index >= 15 is 0 Å². The zero-order chi connectivity index (χ0) is 15.4. The van der Waals surface area contributed by atoms with E-state index in [0.717, 1.165) is 17.4 Å². The summed E-state index contributed by atoms with van der Waals surface area (Å²) in [5.74, 6) is -2.39. The lowest BCUT2D eigenvalue weighted by Crippen LogP contribution is -2.09. The molecule has 112 valence electrons. The Hall–Kier alpha value is -2.17. The molecular formula is C16H16F3NO. The summed E-state index contributed by atoms with van der Waals surface area (Å²) < 4.78 is 45.2. The minimum Gasteiger partial charge on any atom is -0.494 e. The molecule has 0 aromatic heterocycles. The summed E-state index contributed by atoms with van der Waals surface area (Å²) in [6.07, 6.45) is 0. The molecule has 0 aliphatic carbocycles. The van der Waals surface area contributed by atoms with Crippen molar-refractivity contribution in [2.24, 2.45) is 0 Å². The van der Waals surface area contributed by atoms with Gasteiger partial charge < -0.3 is 10.1 Å². The fraction of sp³-hybridized carbons (Fsp3) is 0.250. The Kier molecular flexibility index (Phi) is 4.73. The molecule has 1 unspecified atom stereocenters. The normalized spacial score (nSPS) is 12.0. The fourth-order valence-corrected chi connectivity index (χ4v) is 2.00. The third-order valence-electron chi connectivity index (χ3n) is 3.06. The van der Waals surface area contributed by atoms with Gasteiger partial charge in [-0.25, -0.2) is 13.2 Å². The number of anilines is 1. The van der Waals surface area contributed by atoms with Crippen LogP contribution in [0.1, 0.15) is 25.5 Å². The molecule has 2 nitrogen and oxygen atoms in total. The third kappa shape index (κ3) is 3.68. The van der Waals surface area contributed by atoms with Crippen LogP contribution in [0.5, 0.6) is 5.75 Å². The van der Waals surface area contributed by atoms with Crippen molar-refractivity contribution < 1.29 is 17.9 Å². The van der Waals surface area contributed by atoms with E-state index in [-0.39, 0.29) is 11.7 Å². The number of hydrogen-bond donors (Lipinski definition) is 1. The predicted molar refractivity (Wildman–Crippen MR) is 76.0 cm³/mol. The van der Waals surface area contributed by atoms with E-state index in [9.17, 15) is 13.2 Å². The molecule has 0 radical (unpaired) electrons. The van der Waals surface area contributed by atoms with Crippen molar-refractivity contribution in [1.82, 2.24) is 0 Å². The average Bonchev–Trinajstić information content (AvgIpc) is 2.45. The second-order valence-corrected chi connectivity index (χ2v) is 4.62. The van der Waals surface area contributed by atoms with Gasteiger partial charge in [-0.3, -0.25) is 0 Å². The molecule has 0 heterocycles. The Balaban J connectivity index is 2.16. The zero-order valence-corrected chi connectivity index (χ0v) is 11.8. The van der Waals surface area contributed by atoms with Crippen molar-refractivity contribution in [2.45, 2.75) is 19.9 Å². The number of benzene rings is 2. The maximum absolute atomic E-state index is 13.6. The number of ether oxygens (including phenoxy) is 1. The molecule has 21 heavy (non-hydrogen) atoms. The molecule has 0 aliphatic rings. The van der Waals surface area contributed by atoms with E-state index in [4.69, 9.17) is 4.74 Å². The van der Waals surface area contributed by atoms with Crippen LogP contribution in [0.15, 0.2) is 36.4 Å². The van der Waals surface area contributed by atoms with E-state index < -0.39 is 17.5 Å². The van der Waals surface area contributed by atoms with Crippen molar-refractivity contribution in [3.05, 3.63) is 59.4 Å². The van der Waals surface area contributed by atoms with Crippen LogP contribution in [-0.4, -0.2) is 6.61 Å². The smallest absolute Gasteiger partial charge is 0.182 e. The first-order valence-electron chi connectivity index (χ1n) is 6.65. The van der Waals surface area contributed by atoms with Gasteiger partial charge in [0.1, 0.15) is 11.6 Å². The van der Waals surface area contributed by atoms with Gasteiger partial charge in [-0.2, -0.15) is 0 Å². The van der Waals surface area contributed by atoms with Gasteiger partial charge in [0.15, 0.2) is 11.6 Å². The van der Waals surface area contributed by atoms with Crippen molar-refractivity contribution in [1.29, 1.82) is 0 Å². The summed E-state index contributed by atoms with van der Waals surface area (Å²) >= 11 is 0. The highest BCUT2D eigenvalue weighted by molar-refractivity contribution is 5.47. The summed E-state index contributed by atoms with van der Waals surface area (Å²) in [5, 5.41) is 2.76. The van der Waals surface area contributed by atoms with Gasteiger partial charge in [-0.1, -0.05) is 12.1 Å². The van der Waals surface area contributed by atoms with Crippen LogP contribution in [0.25, 0.3) is 0 Å². The topological polar surface area (TPSA) is 21.3 Å². The third-order valence-corrected chi connectivity index (χ3v) is 3.06. The van der Waals surface area contributed by atoms with Crippen LogP contribution in [0.2, 0.25) is 0 Å². The highest BCUT2D eigenvalue weighted by atomic mass is 19.2. The van der Waals surface area contributed by atoms with E-state index in [1.165, 1.54) is 0 Å². The Morgan fingerprint density at radius 1 is 1.10 bits per heavy atom. The van der Waals surface area contributed by atoms with E-state index in [0.29, 0.717) is 12.7 Å². The first-order chi connectivity index (χ1) is 10.0. The molecule has 0 spiro atoms. The van der Waals surface area contributed by atoms with Gasteiger partial charge >= 0.3 is 0 Å². The molecule has 0 fully saturated rings. The second-order valence-electron chi connectivity index (χ2n) is 4.62. The van der Waals surface area contributed by atoms with Crippen LogP contribution < -0.4 is 10.1 Å². The molecule has 2 rings (SSSR count). The van der Waals surface area contributed by atoms with Gasteiger partial charge in [-0.05, 0) is 31.5 Å². The molecule has 0 bridgehead atoms. The minimum atomic E-state index is -1.21. The molecular weight excluding hydrogens is 279 g/mol. The summed E-state index contributed by atoms with van der Waals surface area (Å²) in [7, 11) is 0. The summed E-state index contributed by atoms with van der Waals surface area (Å²) in [6.45, 7) is 4.23. The zero-order valence-electron chi connectivity index (χ0n) is 11.8.